The number of carbonyl (C=O) groups is 6. The quantitative estimate of drug-likeness (QED) is 0.132. The fourth-order valence-electron chi connectivity index (χ4n) is 7.18. The number of hydrogen-bond donors (Lipinski definition) is 5. The molecule has 0 spiro atoms. The molecule has 1 aliphatic heterocycles. The molecule has 0 radical (unpaired) electrons. The summed E-state index contributed by atoms with van der Waals surface area (Å²) in [6.07, 6.45) is -5.27. The minimum absolute atomic E-state index is 0.0220. The highest BCUT2D eigenvalue weighted by atomic mass is 16.7. The third-order valence-electron chi connectivity index (χ3n) is 9.84. The molecule has 0 bridgehead atoms. The number of Topliss-reactive ketones (excluding diaryl/α,β-unsaturated/α-hetero) is 1. The van der Waals surface area contributed by atoms with Gasteiger partial charge in [-0.3, -0.25) is 28.8 Å². The summed E-state index contributed by atoms with van der Waals surface area (Å²) >= 11 is 0. The lowest BCUT2D eigenvalue weighted by atomic mass is 9.70. The Morgan fingerprint density at radius 3 is 2.44 bits per heavy atom. The van der Waals surface area contributed by atoms with Crippen molar-refractivity contribution in [2.75, 3.05) is 20.8 Å². The Labute approximate surface area is 286 Å². The number of aromatic hydroxyl groups is 1. The van der Waals surface area contributed by atoms with Crippen molar-refractivity contribution >= 4 is 35.5 Å². The third-order valence-corrected chi connectivity index (χ3v) is 9.84. The Kier molecular flexibility index (Phi) is 10.6. The number of rotatable bonds is 12. The molecule has 1 amide bonds. The molecular weight excluding hydrogens is 658 g/mol. The summed E-state index contributed by atoms with van der Waals surface area (Å²) in [5.74, 6) is -4.61. The van der Waals surface area contributed by atoms with Crippen molar-refractivity contribution in [1.82, 2.24) is 4.90 Å². The highest BCUT2D eigenvalue weighted by Gasteiger charge is 2.50. The molecule has 6 atom stereocenters. The number of aldehydes is 1. The topological polar surface area (TPSA) is 234 Å². The SMILES string of the molecule is COc1cccc2c1C(=O)c1c(O)c3c(c(C=O)c1C2=O)CC(O)(C(=O)CO)CC3OC1CC(N(C)C(=O)CCCCC(=O)O)C(O)C(C)O1. The van der Waals surface area contributed by atoms with Gasteiger partial charge in [0, 0.05) is 61.4 Å². The van der Waals surface area contributed by atoms with E-state index in [4.69, 9.17) is 19.3 Å². The van der Waals surface area contributed by atoms with Crippen molar-refractivity contribution in [2.24, 2.45) is 0 Å². The van der Waals surface area contributed by atoms with Crippen LogP contribution in [0.15, 0.2) is 18.2 Å². The Morgan fingerprint density at radius 1 is 1.10 bits per heavy atom. The zero-order valence-electron chi connectivity index (χ0n) is 27.7. The first-order valence-electron chi connectivity index (χ1n) is 16.1. The number of ether oxygens (including phenoxy) is 3. The first-order valence-corrected chi connectivity index (χ1v) is 16.1. The number of fused-ring (bicyclic) bond motifs is 3. The molecule has 1 saturated heterocycles. The fourth-order valence-corrected chi connectivity index (χ4v) is 7.18. The van der Waals surface area contributed by atoms with Gasteiger partial charge in [0.25, 0.3) is 0 Å². The van der Waals surface area contributed by atoms with E-state index in [0.29, 0.717) is 12.7 Å². The lowest BCUT2D eigenvalue weighted by Crippen LogP contribution is -2.56. The van der Waals surface area contributed by atoms with E-state index in [1.165, 1.54) is 44.2 Å². The van der Waals surface area contributed by atoms with Crippen LogP contribution in [0.5, 0.6) is 11.5 Å². The van der Waals surface area contributed by atoms with Gasteiger partial charge in [0.2, 0.25) is 11.7 Å². The zero-order valence-corrected chi connectivity index (χ0v) is 27.7. The van der Waals surface area contributed by atoms with Crippen molar-refractivity contribution in [1.29, 1.82) is 0 Å². The van der Waals surface area contributed by atoms with Crippen LogP contribution < -0.4 is 4.74 Å². The average Bonchev–Trinajstić information content (AvgIpc) is 3.08. The summed E-state index contributed by atoms with van der Waals surface area (Å²) in [6.45, 7) is 0.452. The third kappa shape index (κ3) is 6.42. The number of amides is 1. The van der Waals surface area contributed by atoms with Gasteiger partial charge in [-0.1, -0.05) is 12.1 Å². The van der Waals surface area contributed by atoms with E-state index in [1.54, 1.807) is 0 Å². The number of benzene rings is 2. The molecule has 2 aromatic carbocycles. The maximum Gasteiger partial charge on any atom is 0.303 e. The van der Waals surface area contributed by atoms with Crippen LogP contribution in [0.2, 0.25) is 0 Å². The number of unbranched alkanes of at least 4 members (excludes halogenated alkanes) is 1. The number of carboxylic acids is 1. The maximum atomic E-state index is 14.0. The number of phenolic OH excluding ortho intramolecular Hbond substituents is 1. The number of carboxylic acid groups (broad SMARTS) is 1. The molecule has 0 saturated carbocycles. The minimum atomic E-state index is -2.34. The van der Waals surface area contributed by atoms with E-state index in [2.05, 4.69) is 0 Å². The van der Waals surface area contributed by atoms with Gasteiger partial charge >= 0.3 is 5.97 Å². The number of phenols is 1. The highest BCUT2D eigenvalue weighted by molar-refractivity contribution is 6.32. The summed E-state index contributed by atoms with van der Waals surface area (Å²) in [5, 5.41) is 52.9. The molecule has 6 unspecified atom stereocenters. The Balaban J connectivity index is 1.55. The van der Waals surface area contributed by atoms with Crippen molar-refractivity contribution < 1.29 is 68.5 Å². The molecule has 5 rings (SSSR count). The number of carbonyl (C=O) groups excluding carboxylic acids is 5. The van der Waals surface area contributed by atoms with Crippen molar-refractivity contribution in [2.45, 2.75) is 88.1 Å². The predicted octanol–water partition coefficient (Wildman–Crippen LogP) is 1.25. The van der Waals surface area contributed by atoms with Crippen LogP contribution in [0.3, 0.4) is 0 Å². The fraction of sp³-hybridized carbons (Fsp3) is 0.486. The second kappa shape index (κ2) is 14.4. The highest BCUT2D eigenvalue weighted by Crippen LogP contribution is 2.50. The van der Waals surface area contributed by atoms with Gasteiger partial charge in [0.1, 0.15) is 29.8 Å². The number of aliphatic carboxylic acids is 1. The molecule has 1 heterocycles. The van der Waals surface area contributed by atoms with Crippen LogP contribution >= 0.6 is 0 Å². The first kappa shape index (κ1) is 36.7. The van der Waals surface area contributed by atoms with Gasteiger partial charge in [0.05, 0.1) is 36.5 Å². The van der Waals surface area contributed by atoms with Gasteiger partial charge in [-0.25, -0.2) is 0 Å². The van der Waals surface area contributed by atoms with E-state index in [-0.39, 0.29) is 65.2 Å². The second-order valence-electron chi connectivity index (χ2n) is 12.9. The van der Waals surface area contributed by atoms with Gasteiger partial charge in [-0.15, -0.1) is 0 Å². The molecule has 2 aromatic rings. The predicted molar refractivity (Wildman–Crippen MR) is 170 cm³/mol. The number of likely N-dealkylation sites (N-methyl/N-ethyl adjacent to an activating group) is 1. The molecular formula is C35H39NO14. The van der Waals surface area contributed by atoms with E-state index >= 15 is 0 Å². The number of hydrogen-bond acceptors (Lipinski definition) is 13. The molecule has 15 heteroatoms. The Hall–Kier alpha value is -4.54. The zero-order chi connectivity index (χ0) is 36.7. The average molecular weight is 698 g/mol. The van der Waals surface area contributed by atoms with Crippen molar-refractivity contribution in [3.63, 3.8) is 0 Å². The van der Waals surface area contributed by atoms with Gasteiger partial charge in [-0.05, 0) is 31.4 Å². The number of methoxy groups -OCH3 is 1. The minimum Gasteiger partial charge on any atom is -0.507 e. The molecule has 5 N–H and O–H groups in total. The Morgan fingerprint density at radius 2 is 1.80 bits per heavy atom. The van der Waals surface area contributed by atoms with Gasteiger partial charge in [-0.2, -0.15) is 0 Å². The van der Waals surface area contributed by atoms with Gasteiger partial charge in [0.15, 0.2) is 24.1 Å². The monoisotopic (exact) mass is 697 g/mol. The second-order valence-corrected chi connectivity index (χ2v) is 12.9. The van der Waals surface area contributed by atoms with E-state index in [1.807, 2.05) is 0 Å². The summed E-state index contributed by atoms with van der Waals surface area (Å²) in [7, 11) is 2.77. The number of ketones is 3. The standard InChI is InChI=1S/C35H39NO14/c1-16-31(43)20(36(2)24(40)9-4-5-10-25(41)42)11-26(49-16)50-22-13-35(47,23(39)15-38)12-18-19(14-37)29-30(34(46)28(18)22)33(45)27-17(32(29)44)7-6-8-21(27)48-3/h6-8,14,16,20,22,26,31,38,43,46-47H,4-5,9-13,15H2,1-3H3,(H,41,42). The molecule has 1 fully saturated rings. The maximum absolute atomic E-state index is 14.0. The summed E-state index contributed by atoms with van der Waals surface area (Å²) in [4.78, 5) is 78.6. The summed E-state index contributed by atoms with van der Waals surface area (Å²) < 4.78 is 17.5. The molecule has 268 valence electrons. The lowest BCUT2D eigenvalue weighted by molar-refractivity contribution is -0.256. The van der Waals surface area contributed by atoms with Crippen molar-refractivity contribution in [3.05, 3.63) is 57.1 Å². The van der Waals surface area contributed by atoms with Crippen LogP contribution in [0.1, 0.15) is 105 Å². The number of aliphatic hydroxyl groups is 3. The van der Waals surface area contributed by atoms with Crippen molar-refractivity contribution in [3.8, 4) is 11.5 Å². The normalized spacial score (nSPS) is 25.6. The van der Waals surface area contributed by atoms with E-state index in [9.17, 15) is 49.2 Å². The summed E-state index contributed by atoms with van der Waals surface area (Å²) in [5.41, 5.74) is -4.09. The number of aliphatic hydroxyl groups excluding tert-OH is 2. The van der Waals surface area contributed by atoms with Crippen LogP contribution in [0, 0.1) is 0 Å². The largest absolute Gasteiger partial charge is 0.507 e. The van der Waals surface area contributed by atoms with Crippen LogP contribution in [0.4, 0.5) is 0 Å². The van der Waals surface area contributed by atoms with E-state index in [0.717, 1.165) is 0 Å². The Bertz CT molecular complexity index is 1750. The van der Waals surface area contributed by atoms with Gasteiger partial charge < -0.3 is 44.6 Å². The first-order chi connectivity index (χ1) is 23.7. The molecule has 50 heavy (non-hydrogen) atoms. The summed E-state index contributed by atoms with van der Waals surface area (Å²) in [6, 6.07) is 3.45. The molecule has 0 aromatic heterocycles. The van der Waals surface area contributed by atoms with Crippen LogP contribution in [0.25, 0.3) is 0 Å². The smallest absolute Gasteiger partial charge is 0.303 e. The van der Waals surface area contributed by atoms with E-state index < -0.39 is 95.9 Å². The van der Waals surface area contributed by atoms with Crippen LogP contribution in [-0.2, 0) is 30.3 Å². The molecule has 2 aliphatic carbocycles. The molecule has 3 aliphatic rings. The molecule has 15 nitrogen and oxygen atoms in total. The van der Waals surface area contributed by atoms with Crippen LogP contribution in [-0.4, -0.2) is 117 Å². The number of nitrogens with zero attached hydrogens (tertiary/aromatic N) is 1. The lowest BCUT2D eigenvalue weighted by Gasteiger charge is -2.44.